The number of benzene rings is 1. The number of nitrogens with zero attached hydrogens (tertiary/aromatic N) is 2. The summed E-state index contributed by atoms with van der Waals surface area (Å²) in [4.78, 5) is 8.77. The summed E-state index contributed by atoms with van der Waals surface area (Å²) in [6.45, 7) is 4.92. The quantitative estimate of drug-likeness (QED) is 0.926. The third kappa shape index (κ3) is 2.52. The molecule has 0 unspecified atom stereocenters. The van der Waals surface area contributed by atoms with E-state index in [4.69, 9.17) is 9.47 Å². The van der Waals surface area contributed by atoms with Gasteiger partial charge in [0.15, 0.2) is 11.5 Å². The molecule has 3 rings (SSSR count). The molecule has 5 nitrogen and oxygen atoms in total. The second-order valence-electron chi connectivity index (χ2n) is 4.65. The Labute approximate surface area is 118 Å². The number of aromatic nitrogens is 2. The van der Waals surface area contributed by atoms with Crippen molar-refractivity contribution in [1.82, 2.24) is 9.97 Å². The van der Waals surface area contributed by atoms with Gasteiger partial charge in [0.1, 0.15) is 11.6 Å². The van der Waals surface area contributed by atoms with Crippen LogP contribution >= 0.6 is 0 Å². The lowest BCUT2D eigenvalue weighted by molar-refractivity contribution is 0.173. The van der Waals surface area contributed by atoms with Crippen LogP contribution in [0.5, 0.6) is 11.5 Å². The van der Waals surface area contributed by atoms with Gasteiger partial charge in [-0.3, -0.25) is 0 Å². The average Bonchev–Trinajstić information content (AvgIpc) is 2.93. The van der Waals surface area contributed by atoms with Crippen molar-refractivity contribution < 1.29 is 9.47 Å². The normalized spacial score (nSPS) is 12.5. The number of aryl methyl sites for hydroxylation is 2. The van der Waals surface area contributed by atoms with Gasteiger partial charge < -0.3 is 14.8 Å². The molecule has 0 bridgehead atoms. The van der Waals surface area contributed by atoms with Crippen molar-refractivity contribution in [3.63, 3.8) is 0 Å². The number of rotatable bonds is 4. The predicted octanol–water partition coefficient (Wildman–Crippen LogP) is 2.69. The first-order valence-corrected chi connectivity index (χ1v) is 6.72. The molecule has 0 spiro atoms. The number of nitrogens with one attached hydrogen (secondary N) is 1. The van der Waals surface area contributed by atoms with Crippen molar-refractivity contribution in [1.29, 1.82) is 0 Å². The lowest BCUT2D eigenvalue weighted by Gasteiger charge is -2.09. The maximum Gasteiger partial charge on any atom is 0.231 e. The predicted molar refractivity (Wildman–Crippen MR) is 76.0 cm³/mol. The van der Waals surface area contributed by atoms with Crippen LogP contribution in [0.15, 0.2) is 24.3 Å². The van der Waals surface area contributed by atoms with Crippen molar-refractivity contribution in [3.8, 4) is 11.5 Å². The van der Waals surface area contributed by atoms with Gasteiger partial charge in [-0.05, 0) is 19.4 Å². The average molecular weight is 271 g/mol. The molecule has 0 aliphatic carbocycles. The van der Waals surface area contributed by atoms with Crippen molar-refractivity contribution in [2.75, 3.05) is 12.1 Å². The molecule has 1 aromatic heterocycles. The van der Waals surface area contributed by atoms with Crippen molar-refractivity contribution in [2.45, 2.75) is 26.8 Å². The highest BCUT2D eigenvalue weighted by molar-refractivity contribution is 5.49. The number of hydrogen-bond acceptors (Lipinski definition) is 5. The van der Waals surface area contributed by atoms with E-state index in [1.54, 1.807) is 0 Å². The van der Waals surface area contributed by atoms with Crippen LogP contribution in [-0.4, -0.2) is 16.8 Å². The fraction of sp³-hybridized carbons (Fsp3) is 0.333. The Hall–Kier alpha value is -2.30. The molecule has 1 aliphatic rings. The molecule has 0 radical (unpaired) electrons. The molecule has 0 saturated carbocycles. The Kier molecular flexibility index (Phi) is 3.41. The topological polar surface area (TPSA) is 56.3 Å². The van der Waals surface area contributed by atoms with Crippen LogP contribution in [0.4, 0.5) is 5.82 Å². The summed E-state index contributed by atoms with van der Waals surface area (Å²) in [6, 6.07) is 7.88. The van der Waals surface area contributed by atoms with Gasteiger partial charge in [0.05, 0.1) is 0 Å². The fourth-order valence-electron chi connectivity index (χ4n) is 2.22. The molecule has 1 aromatic carbocycles. The first-order valence-electron chi connectivity index (χ1n) is 6.72. The van der Waals surface area contributed by atoms with Crippen LogP contribution in [0.3, 0.4) is 0 Å². The van der Waals surface area contributed by atoms with Crippen LogP contribution in [0.25, 0.3) is 0 Å². The highest BCUT2D eigenvalue weighted by Gasteiger charge is 2.16. The van der Waals surface area contributed by atoms with Gasteiger partial charge in [-0.25, -0.2) is 9.97 Å². The Morgan fingerprint density at radius 1 is 1.25 bits per heavy atom. The molecule has 20 heavy (non-hydrogen) atoms. The molecule has 0 atom stereocenters. The van der Waals surface area contributed by atoms with Crippen LogP contribution in [0, 0.1) is 6.92 Å². The number of ether oxygens (including phenoxy) is 2. The van der Waals surface area contributed by atoms with E-state index in [0.717, 1.165) is 40.8 Å². The summed E-state index contributed by atoms with van der Waals surface area (Å²) in [7, 11) is 0. The van der Waals surface area contributed by atoms with Crippen molar-refractivity contribution in [2.24, 2.45) is 0 Å². The first kappa shape index (κ1) is 12.7. The molecule has 2 heterocycles. The van der Waals surface area contributed by atoms with Crippen LogP contribution in [-0.2, 0) is 13.0 Å². The SMILES string of the molecule is CCc1cc(NCc2cccc3c2OCO3)nc(C)n1. The third-order valence-corrected chi connectivity index (χ3v) is 3.19. The van der Waals surface area contributed by atoms with E-state index in [0.29, 0.717) is 13.3 Å². The lowest BCUT2D eigenvalue weighted by Crippen LogP contribution is -2.05. The Morgan fingerprint density at radius 3 is 3.00 bits per heavy atom. The minimum atomic E-state index is 0.291. The maximum atomic E-state index is 5.49. The summed E-state index contributed by atoms with van der Waals surface area (Å²) in [6.07, 6.45) is 0.899. The van der Waals surface area contributed by atoms with Crippen molar-refractivity contribution in [3.05, 3.63) is 41.3 Å². The zero-order valence-electron chi connectivity index (χ0n) is 11.6. The second-order valence-corrected chi connectivity index (χ2v) is 4.65. The summed E-state index contributed by atoms with van der Waals surface area (Å²) in [5.74, 6) is 3.24. The molecular weight excluding hydrogens is 254 g/mol. The van der Waals surface area contributed by atoms with E-state index in [2.05, 4.69) is 22.2 Å². The van der Waals surface area contributed by atoms with Crippen LogP contribution in [0.1, 0.15) is 24.0 Å². The van der Waals surface area contributed by atoms with Gasteiger partial charge in [-0.1, -0.05) is 19.1 Å². The number of anilines is 1. The molecule has 0 saturated heterocycles. The largest absolute Gasteiger partial charge is 0.454 e. The lowest BCUT2D eigenvalue weighted by atomic mass is 10.2. The smallest absolute Gasteiger partial charge is 0.231 e. The zero-order chi connectivity index (χ0) is 13.9. The summed E-state index contributed by atoms with van der Waals surface area (Å²) in [5, 5.41) is 3.32. The third-order valence-electron chi connectivity index (χ3n) is 3.19. The summed E-state index contributed by atoms with van der Waals surface area (Å²) >= 11 is 0. The Balaban J connectivity index is 1.77. The maximum absolute atomic E-state index is 5.49. The molecule has 1 N–H and O–H groups in total. The highest BCUT2D eigenvalue weighted by atomic mass is 16.7. The zero-order valence-corrected chi connectivity index (χ0v) is 11.6. The minimum Gasteiger partial charge on any atom is -0.454 e. The van der Waals surface area contributed by atoms with Gasteiger partial charge in [-0.2, -0.15) is 0 Å². The van der Waals surface area contributed by atoms with Crippen molar-refractivity contribution >= 4 is 5.82 Å². The van der Waals surface area contributed by atoms with Crippen LogP contribution in [0.2, 0.25) is 0 Å². The molecular formula is C15H17N3O2. The summed E-state index contributed by atoms with van der Waals surface area (Å²) < 4.78 is 10.9. The summed E-state index contributed by atoms with van der Waals surface area (Å²) in [5.41, 5.74) is 2.10. The van der Waals surface area contributed by atoms with E-state index in [1.165, 1.54) is 0 Å². The molecule has 1 aliphatic heterocycles. The molecule has 104 valence electrons. The van der Waals surface area contributed by atoms with Gasteiger partial charge in [-0.15, -0.1) is 0 Å². The van der Waals surface area contributed by atoms with E-state index in [1.807, 2.05) is 31.2 Å². The second kappa shape index (κ2) is 5.36. The minimum absolute atomic E-state index is 0.291. The number of para-hydroxylation sites is 1. The number of hydrogen-bond donors (Lipinski definition) is 1. The first-order chi connectivity index (χ1) is 9.76. The Morgan fingerprint density at radius 2 is 2.15 bits per heavy atom. The van der Waals surface area contributed by atoms with Gasteiger partial charge in [0, 0.05) is 23.9 Å². The fourth-order valence-corrected chi connectivity index (χ4v) is 2.22. The monoisotopic (exact) mass is 271 g/mol. The number of fused-ring (bicyclic) bond motifs is 1. The molecule has 2 aromatic rings. The van der Waals surface area contributed by atoms with Crippen LogP contribution < -0.4 is 14.8 Å². The van der Waals surface area contributed by atoms with Gasteiger partial charge >= 0.3 is 0 Å². The van der Waals surface area contributed by atoms with Gasteiger partial charge in [0.25, 0.3) is 0 Å². The van der Waals surface area contributed by atoms with E-state index in [-0.39, 0.29) is 0 Å². The Bertz CT molecular complexity index is 629. The van der Waals surface area contributed by atoms with E-state index >= 15 is 0 Å². The van der Waals surface area contributed by atoms with E-state index < -0.39 is 0 Å². The van der Waals surface area contributed by atoms with Gasteiger partial charge in [0.2, 0.25) is 6.79 Å². The molecule has 0 fully saturated rings. The molecule has 5 heteroatoms. The standard InChI is InChI=1S/C15H17N3O2/c1-3-12-7-14(18-10(2)17-12)16-8-11-5-4-6-13-15(11)20-9-19-13/h4-7H,3,8-9H2,1-2H3,(H,16,17,18). The highest BCUT2D eigenvalue weighted by Crippen LogP contribution is 2.35. The van der Waals surface area contributed by atoms with E-state index in [9.17, 15) is 0 Å². The molecule has 0 amide bonds.